The van der Waals surface area contributed by atoms with Gasteiger partial charge < -0.3 is 15.0 Å². The van der Waals surface area contributed by atoms with Gasteiger partial charge in [-0.05, 0) is 29.7 Å². The summed E-state index contributed by atoms with van der Waals surface area (Å²) in [6.45, 7) is 0. The van der Waals surface area contributed by atoms with E-state index in [1.54, 1.807) is 24.3 Å². The van der Waals surface area contributed by atoms with E-state index in [0.29, 0.717) is 22.0 Å². The fourth-order valence-corrected chi connectivity index (χ4v) is 2.63. The highest BCUT2D eigenvalue weighted by Gasteiger charge is 2.11. The highest BCUT2D eigenvalue weighted by molar-refractivity contribution is 6.33. The molecule has 0 aliphatic carbocycles. The number of anilines is 1. The normalized spacial score (nSPS) is 10.6. The molecule has 5 nitrogen and oxygen atoms in total. The molecule has 0 spiro atoms. The van der Waals surface area contributed by atoms with E-state index in [4.69, 9.17) is 16.3 Å². The molecular formula is C18H15ClN2O3. The molecule has 0 aliphatic rings. The number of aromatic amines is 1. The standard InChI is InChI=1S/C18H15ClN2O3/c1-24-13-6-7-16(14(19)10-13)20-17(22)9-12-8-11-4-2-3-5-15(11)21-18(12)23/h2-8,10H,9H2,1H3,(H,20,22)(H,21,23). The Labute approximate surface area is 143 Å². The van der Waals surface area contributed by atoms with Crippen LogP contribution in [0, 0.1) is 0 Å². The predicted octanol–water partition coefficient (Wildman–Crippen LogP) is 3.37. The number of rotatable bonds is 4. The molecule has 3 rings (SSSR count). The minimum absolute atomic E-state index is 0.0392. The van der Waals surface area contributed by atoms with Gasteiger partial charge in [0.05, 0.1) is 24.2 Å². The first-order chi connectivity index (χ1) is 11.6. The van der Waals surface area contributed by atoms with Crippen LogP contribution in [0.15, 0.2) is 53.3 Å². The number of carbonyl (C=O) groups is 1. The number of fused-ring (bicyclic) bond motifs is 1. The van der Waals surface area contributed by atoms with Crippen molar-refractivity contribution >= 4 is 34.1 Å². The molecule has 0 fully saturated rings. The molecule has 0 saturated carbocycles. The lowest BCUT2D eigenvalue weighted by Gasteiger charge is -2.09. The SMILES string of the molecule is COc1ccc(NC(=O)Cc2cc3ccccc3[nH]c2=O)c(Cl)c1. The number of benzene rings is 2. The summed E-state index contributed by atoms with van der Waals surface area (Å²) in [7, 11) is 1.54. The summed E-state index contributed by atoms with van der Waals surface area (Å²) in [5.74, 6) is 0.284. The molecule has 0 radical (unpaired) electrons. The second-order valence-electron chi connectivity index (χ2n) is 5.28. The number of nitrogens with one attached hydrogen (secondary N) is 2. The molecule has 0 aliphatic heterocycles. The van der Waals surface area contributed by atoms with Crippen LogP contribution in [0.2, 0.25) is 5.02 Å². The van der Waals surface area contributed by atoms with Crippen molar-refractivity contribution in [2.75, 3.05) is 12.4 Å². The van der Waals surface area contributed by atoms with Crippen LogP contribution in [-0.2, 0) is 11.2 Å². The number of aromatic nitrogens is 1. The van der Waals surface area contributed by atoms with Crippen LogP contribution in [0.1, 0.15) is 5.56 Å². The molecule has 1 amide bonds. The van der Waals surface area contributed by atoms with Crippen molar-refractivity contribution in [1.29, 1.82) is 0 Å². The number of para-hydroxylation sites is 1. The molecule has 2 aromatic carbocycles. The number of halogens is 1. The van der Waals surface area contributed by atoms with Gasteiger partial charge in [-0.1, -0.05) is 29.8 Å². The van der Waals surface area contributed by atoms with E-state index >= 15 is 0 Å². The Hall–Kier alpha value is -2.79. The number of methoxy groups -OCH3 is 1. The summed E-state index contributed by atoms with van der Waals surface area (Å²) >= 11 is 6.10. The number of hydrogen-bond acceptors (Lipinski definition) is 3. The van der Waals surface area contributed by atoms with Gasteiger partial charge >= 0.3 is 0 Å². The maximum Gasteiger partial charge on any atom is 0.252 e. The fraction of sp³-hybridized carbons (Fsp3) is 0.111. The van der Waals surface area contributed by atoms with Crippen molar-refractivity contribution in [2.45, 2.75) is 6.42 Å². The first kappa shape index (κ1) is 16.1. The van der Waals surface area contributed by atoms with Crippen molar-refractivity contribution in [3.63, 3.8) is 0 Å². The molecule has 6 heteroatoms. The Morgan fingerprint density at radius 3 is 2.75 bits per heavy atom. The number of H-pyrrole nitrogens is 1. The summed E-state index contributed by atoms with van der Waals surface area (Å²) in [6, 6.07) is 14.1. The molecule has 3 aromatic rings. The van der Waals surface area contributed by atoms with Gasteiger partial charge in [-0.15, -0.1) is 0 Å². The number of pyridine rings is 1. The monoisotopic (exact) mass is 342 g/mol. The Morgan fingerprint density at radius 2 is 2.00 bits per heavy atom. The summed E-state index contributed by atoms with van der Waals surface area (Å²) in [6.07, 6.45) is -0.0392. The number of amides is 1. The first-order valence-corrected chi connectivity index (χ1v) is 7.69. The minimum Gasteiger partial charge on any atom is -0.497 e. The zero-order valence-electron chi connectivity index (χ0n) is 12.9. The highest BCUT2D eigenvalue weighted by atomic mass is 35.5. The van der Waals surface area contributed by atoms with Gasteiger partial charge in [0.25, 0.3) is 5.56 Å². The van der Waals surface area contributed by atoms with E-state index in [9.17, 15) is 9.59 Å². The summed E-state index contributed by atoms with van der Waals surface area (Å²) < 4.78 is 5.06. The molecule has 1 heterocycles. The number of hydrogen-bond donors (Lipinski definition) is 2. The quantitative estimate of drug-likeness (QED) is 0.763. The zero-order chi connectivity index (χ0) is 17.1. The van der Waals surface area contributed by atoms with E-state index in [2.05, 4.69) is 10.3 Å². The molecule has 2 N–H and O–H groups in total. The van der Waals surface area contributed by atoms with Gasteiger partial charge in [0, 0.05) is 17.1 Å². The van der Waals surface area contributed by atoms with Gasteiger partial charge in [0.1, 0.15) is 5.75 Å². The van der Waals surface area contributed by atoms with E-state index in [0.717, 1.165) is 10.9 Å². The highest BCUT2D eigenvalue weighted by Crippen LogP contribution is 2.26. The van der Waals surface area contributed by atoms with E-state index < -0.39 is 0 Å². The van der Waals surface area contributed by atoms with Crippen LogP contribution < -0.4 is 15.6 Å². The minimum atomic E-state index is -0.317. The molecule has 0 saturated heterocycles. The second-order valence-corrected chi connectivity index (χ2v) is 5.69. The van der Waals surface area contributed by atoms with Gasteiger partial charge in [-0.25, -0.2) is 0 Å². The second kappa shape index (κ2) is 6.76. The number of ether oxygens (including phenoxy) is 1. The van der Waals surface area contributed by atoms with Gasteiger partial charge in [-0.2, -0.15) is 0 Å². The van der Waals surface area contributed by atoms with E-state index in [-0.39, 0.29) is 17.9 Å². The summed E-state index contributed by atoms with van der Waals surface area (Å²) in [5, 5.41) is 3.95. The van der Waals surface area contributed by atoms with Crippen molar-refractivity contribution in [1.82, 2.24) is 4.98 Å². The van der Waals surface area contributed by atoms with Crippen molar-refractivity contribution in [2.24, 2.45) is 0 Å². The smallest absolute Gasteiger partial charge is 0.252 e. The molecule has 122 valence electrons. The van der Waals surface area contributed by atoms with Crippen molar-refractivity contribution in [3.8, 4) is 5.75 Å². The summed E-state index contributed by atoms with van der Waals surface area (Å²) in [4.78, 5) is 27.1. The Morgan fingerprint density at radius 1 is 1.21 bits per heavy atom. The largest absolute Gasteiger partial charge is 0.497 e. The third-order valence-electron chi connectivity index (χ3n) is 3.63. The third-order valence-corrected chi connectivity index (χ3v) is 3.94. The van der Waals surface area contributed by atoms with Crippen LogP contribution in [0.3, 0.4) is 0 Å². The molecule has 0 unspecified atom stereocenters. The molecule has 0 atom stereocenters. The van der Waals surface area contributed by atoms with Gasteiger partial charge in [-0.3, -0.25) is 9.59 Å². The molecule has 24 heavy (non-hydrogen) atoms. The molecule has 0 bridgehead atoms. The van der Waals surface area contributed by atoms with Crippen molar-refractivity contribution < 1.29 is 9.53 Å². The Kier molecular flexibility index (Phi) is 4.53. The number of carbonyl (C=O) groups excluding carboxylic acids is 1. The average Bonchev–Trinajstić information content (AvgIpc) is 2.57. The maximum absolute atomic E-state index is 12.2. The van der Waals surface area contributed by atoms with Gasteiger partial charge in [0.2, 0.25) is 5.91 Å². The van der Waals surface area contributed by atoms with Crippen LogP contribution in [0.5, 0.6) is 5.75 Å². The lowest BCUT2D eigenvalue weighted by molar-refractivity contribution is -0.115. The molecule has 1 aromatic heterocycles. The Bertz CT molecular complexity index is 966. The Balaban J connectivity index is 1.80. The van der Waals surface area contributed by atoms with Crippen LogP contribution >= 0.6 is 11.6 Å². The first-order valence-electron chi connectivity index (χ1n) is 7.31. The van der Waals surface area contributed by atoms with E-state index in [1.807, 2.05) is 24.3 Å². The molecular weight excluding hydrogens is 328 g/mol. The predicted molar refractivity (Wildman–Crippen MR) is 94.9 cm³/mol. The maximum atomic E-state index is 12.2. The lowest BCUT2D eigenvalue weighted by atomic mass is 10.1. The topological polar surface area (TPSA) is 71.2 Å². The van der Waals surface area contributed by atoms with Crippen molar-refractivity contribution in [3.05, 3.63) is 69.5 Å². The van der Waals surface area contributed by atoms with Crippen LogP contribution in [-0.4, -0.2) is 18.0 Å². The lowest BCUT2D eigenvalue weighted by Crippen LogP contribution is -2.21. The third kappa shape index (κ3) is 3.41. The van der Waals surface area contributed by atoms with Gasteiger partial charge in [0.15, 0.2) is 0 Å². The summed E-state index contributed by atoms with van der Waals surface area (Å²) in [5.41, 5.74) is 1.34. The fourth-order valence-electron chi connectivity index (χ4n) is 2.42. The van der Waals surface area contributed by atoms with Crippen LogP contribution in [0.4, 0.5) is 5.69 Å². The zero-order valence-corrected chi connectivity index (χ0v) is 13.7. The average molecular weight is 343 g/mol. The van der Waals surface area contributed by atoms with E-state index in [1.165, 1.54) is 7.11 Å². The van der Waals surface area contributed by atoms with Crippen LogP contribution in [0.25, 0.3) is 10.9 Å².